The van der Waals surface area contributed by atoms with Crippen molar-refractivity contribution in [1.82, 2.24) is 5.32 Å². The van der Waals surface area contributed by atoms with E-state index in [0.717, 1.165) is 12.1 Å². The summed E-state index contributed by atoms with van der Waals surface area (Å²) in [5.74, 6) is -2.48. The maximum Gasteiger partial charge on any atom is 0.387 e. The van der Waals surface area contributed by atoms with Crippen LogP contribution >= 0.6 is 11.6 Å². The third-order valence-electron chi connectivity index (χ3n) is 3.31. The topological polar surface area (TPSA) is 90.9 Å². The standard InChI is InChI=1S/C18H14ClF2NO6/c1-26-14-7-4-11(19)8-13(14)17(25)27-9-15(23)22-16(24)10-2-5-12(6-3-10)28-18(20)21/h2-8,18H,9H2,1H3,(H,22,23,24). The molecule has 0 bridgehead atoms. The summed E-state index contributed by atoms with van der Waals surface area (Å²) in [6, 6.07) is 8.99. The number of halogens is 3. The molecule has 0 heterocycles. The molecule has 0 aliphatic heterocycles. The fourth-order valence-corrected chi connectivity index (χ4v) is 2.24. The number of imide groups is 1. The van der Waals surface area contributed by atoms with E-state index in [1.165, 1.54) is 37.4 Å². The number of nitrogens with one attached hydrogen (secondary N) is 1. The Morgan fingerprint density at radius 2 is 1.79 bits per heavy atom. The van der Waals surface area contributed by atoms with E-state index in [9.17, 15) is 23.2 Å². The van der Waals surface area contributed by atoms with Gasteiger partial charge in [-0.15, -0.1) is 0 Å². The first-order valence-corrected chi connectivity index (χ1v) is 8.07. The van der Waals surface area contributed by atoms with Gasteiger partial charge in [-0.05, 0) is 42.5 Å². The molecule has 2 amide bonds. The Morgan fingerprint density at radius 1 is 1.11 bits per heavy atom. The van der Waals surface area contributed by atoms with Crippen LogP contribution in [0.3, 0.4) is 0 Å². The van der Waals surface area contributed by atoms with Gasteiger partial charge in [-0.2, -0.15) is 8.78 Å². The van der Waals surface area contributed by atoms with Gasteiger partial charge < -0.3 is 14.2 Å². The first-order chi connectivity index (χ1) is 13.3. The summed E-state index contributed by atoms with van der Waals surface area (Å²) in [6.45, 7) is -3.72. The van der Waals surface area contributed by atoms with E-state index in [0.29, 0.717) is 0 Å². The highest BCUT2D eigenvalue weighted by atomic mass is 35.5. The van der Waals surface area contributed by atoms with Crippen molar-refractivity contribution in [1.29, 1.82) is 0 Å². The summed E-state index contributed by atoms with van der Waals surface area (Å²) in [5.41, 5.74) is 0.0431. The van der Waals surface area contributed by atoms with E-state index in [1.54, 1.807) is 0 Å². The molecule has 2 rings (SSSR count). The molecule has 0 saturated heterocycles. The molecule has 0 spiro atoms. The highest BCUT2D eigenvalue weighted by Gasteiger charge is 2.17. The normalized spacial score (nSPS) is 10.3. The van der Waals surface area contributed by atoms with Crippen molar-refractivity contribution in [2.45, 2.75) is 6.61 Å². The Balaban J connectivity index is 1.90. The number of rotatable bonds is 7. The predicted octanol–water partition coefficient (Wildman–Crippen LogP) is 3.06. The minimum absolute atomic E-state index is 0.0174. The molecule has 0 unspecified atom stereocenters. The highest BCUT2D eigenvalue weighted by Crippen LogP contribution is 2.23. The lowest BCUT2D eigenvalue weighted by Crippen LogP contribution is -2.34. The van der Waals surface area contributed by atoms with Gasteiger partial charge in [0.25, 0.3) is 11.8 Å². The van der Waals surface area contributed by atoms with Gasteiger partial charge in [0.1, 0.15) is 17.1 Å². The maximum absolute atomic E-state index is 12.1. The van der Waals surface area contributed by atoms with Crippen molar-refractivity contribution >= 4 is 29.4 Å². The van der Waals surface area contributed by atoms with E-state index < -0.39 is 31.0 Å². The number of benzene rings is 2. The van der Waals surface area contributed by atoms with Crippen molar-refractivity contribution in [3.05, 3.63) is 58.6 Å². The van der Waals surface area contributed by atoms with Crippen LogP contribution in [0.4, 0.5) is 8.78 Å². The van der Waals surface area contributed by atoms with E-state index in [2.05, 4.69) is 4.74 Å². The molecule has 0 saturated carbocycles. The third-order valence-corrected chi connectivity index (χ3v) is 3.55. The summed E-state index contributed by atoms with van der Waals surface area (Å²) in [5, 5.41) is 2.27. The van der Waals surface area contributed by atoms with Crippen LogP contribution in [0.1, 0.15) is 20.7 Å². The van der Waals surface area contributed by atoms with Gasteiger partial charge >= 0.3 is 12.6 Å². The average Bonchev–Trinajstić information content (AvgIpc) is 2.66. The van der Waals surface area contributed by atoms with Crippen molar-refractivity contribution < 1.29 is 37.4 Å². The number of esters is 1. The summed E-state index contributed by atoms with van der Waals surface area (Å²) < 4.78 is 38.2. The van der Waals surface area contributed by atoms with Crippen molar-refractivity contribution in [3.8, 4) is 11.5 Å². The van der Waals surface area contributed by atoms with Crippen molar-refractivity contribution in [3.63, 3.8) is 0 Å². The molecule has 0 radical (unpaired) electrons. The molecule has 148 valence electrons. The second kappa shape index (κ2) is 9.65. The number of amides is 2. The minimum Gasteiger partial charge on any atom is -0.496 e. The first kappa shape index (κ1) is 21.1. The molecular weight excluding hydrogens is 400 g/mol. The number of carbonyl (C=O) groups excluding carboxylic acids is 3. The smallest absolute Gasteiger partial charge is 0.387 e. The van der Waals surface area contributed by atoms with Crippen molar-refractivity contribution in [2.75, 3.05) is 13.7 Å². The number of alkyl halides is 2. The molecular formula is C18H14ClF2NO6. The van der Waals surface area contributed by atoms with E-state index in [4.69, 9.17) is 21.1 Å². The molecule has 2 aromatic rings. The Labute approximate surface area is 163 Å². The van der Waals surface area contributed by atoms with Crippen LogP contribution in [0.5, 0.6) is 11.5 Å². The van der Waals surface area contributed by atoms with Gasteiger partial charge in [-0.3, -0.25) is 14.9 Å². The largest absolute Gasteiger partial charge is 0.496 e. The van der Waals surface area contributed by atoms with Crippen LogP contribution in [0.25, 0.3) is 0 Å². The van der Waals surface area contributed by atoms with Gasteiger partial charge in [-0.25, -0.2) is 4.79 Å². The van der Waals surface area contributed by atoms with Gasteiger partial charge in [0.05, 0.1) is 7.11 Å². The highest BCUT2D eigenvalue weighted by molar-refractivity contribution is 6.31. The predicted molar refractivity (Wildman–Crippen MR) is 93.8 cm³/mol. The van der Waals surface area contributed by atoms with Crippen molar-refractivity contribution in [2.24, 2.45) is 0 Å². The zero-order valence-electron chi connectivity index (χ0n) is 14.4. The number of carbonyl (C=O) groups is 3. The van der Waals surface area contributed by atoms with E-state index in [-0.39, 0.29) is 27.6 Å². The summed E-state index contributed by atoms with van der Waals surface area (Å²) in [6.07, 6.45) is 0. The van der Waals surface area contributed by atoms with Crippen LogP contribution in [0, 0.1) is 0 Å². The lowest BCUT2D eigenvalue weighted by Gasteiger charge is -2.09. The fraction of sp³-hybridized carbons (Fsp3) is 0.167. The first-order valence-electron chi connectivity index (χ1n) is 7.70. The average molecular weight is 414 g/mol. The fourth-order valence-electron chi connectivity index (χ4n) is 2.07. The Kier molecular flexibility index (Phi) is 7.28. The molecule has 2 aromatic carbocycles. The summed E-state index contributed by atoms with van der Waals surface area (Å²) in [7, 11) is 1.35. The molecule has 1 N–H and O–H groups in total. The van der Waals surface area contributed by atoms with Gasteiger partial charge in [0.15, 0.2) is 6.61 Å². The summed E-state index contributed by atoms with van der Waals surface area (Å²) in [4.78, 5) is 35.8. The zero-order valence-corrected chi connectivity index (χ0v) is 15.2. The van der Waals surface area contributed by atoms with Gasteiger partial charge in [-0.1, -0.05) is 11.6 Å². The summed E-state index contributed by atoms with van der Waals surface area (Å²) >= 11 is 5.82. The Morgan fingerprint density at radius 3 is 2.39 bits per heavy atom. The van der Waals surface area contributed by atoms with Gasteiger partial charge in [0, 0.05) is 10.6 Å². The van der Waals surface area contributed by atoms with Crippen LogP contribution in [0.2, 0.25) is 5.02 Å². The lowest BCUT2D eigenvalue weighted by molar-refractivity contribution is -0.123. The minimum atomic E-state index is -2.99. The monoisotopic (exact) mass is 413 g/mol. The molecule has 0 aliphatic rings. The van der Waals surface area contributed by atoms with Gasteiger partial charge in [0.2, 0.25) is 0 Å². The molecule has 0 fully saturated rings. The van der Waals surface area contributed by atoms with E-state index in [1.807, 2.05) is 5.32 Å². The molecule has 0 aromatic heterocycles. The third kappa shape index (κ3) is 5.92. The van der Waals surface area contributed by atoms with Crippen LogP contribution < -0.4 is 14.8 Å². The Bertz CT molecular complexity index is 873. The molecule has 0 atom stereocenters. The second-order valence-corrected chi connectivity index (χ2v) is 5.64. The second-order valence-electron chi connectivity index (χ2n) is 5.20. The quantitative estimate of drug-likeness (QED) is 0.701. The van der Waals surface area contributed by atoms with Crippen LogP contribution in [-0.2, 0) is 9.53 Å². The lowest BCUT2D eigenvalue weighted by atomic mass is 10.2. The molecule has 10 heteroatoms. The van der Waals surface area contributed by atoms with Crippen LogP contribution in [0.15, 0.2) is 42.5 Å². The number of methoxy groups -OCH3 is 1. The maximum atomic E-state index is 12.1. The number of hydrogen-bond donors (Lipinski definition) is 1. The number of hydrogen-bond acceptors (Lipinski definition) is 6. The number of ether oxygens (including phenoxy) is 3. The molecule has 7 nitrogen and oxygen atoms in total. The Hall–Kier alpha value is -3.20. The zero-order chi connectivity index (χ0) is 20.7. The SMILES string of the molecule is COc1ccc(Cl)cc1C(=O)OCC(=O)NC(=O)c1ccc(OC(F)F)cc1. The van der Waals surface area contributed by atoms with Crippen LogP contribution in [-0.4, -0.2) is 38.1 Å². The van der Waals surface area contributed by atoms with E-state index >= 15 is 0 Å². The molecule has 28 heavy (non-hydrogen) atoms. The molecule has 0 aliphatic carbocycles.